The number of nitrogens with zero attached hydrogens (tertiary/aromatic N) is 3. The lowest BCUT2D eigenvalue weighted by molar-refractivity contribution is -0.107. The van der Waals surface area contributed by atoms with Crippen molar-refractivity contribution in [2.75, 3.05) is 11.9 Å². The number of hydrogen-bond donors (Lipinski definition) is 0. The summed E-state index contributed by atoms with van der Waals surface area (Å²) in [5.41, 5.74) is 0. The van der Waals surface area contributed by atoms with Gasteiger partial charge in [-0.15, -0.1) is 0 Å². The van der Waals surface area contributed by atoms with Crippen LogP contribution in [0.3, 0.4) is 0 Å². The molecule has 0 saturated carbocycles. The summed E-state index contributed by atoms with van der Waals surface area (Å²) in [6.45, 7) is 2.90. The van der Waals surface area contributed by atoms with Gasteiger partial charge in [-0.05, 0) is 6.42 Å². The van der Waals surface area contributed by atoms with Gasteiger partial charge in [0.25, 0.3) is 0 Å². The van der Waals surface area contributed by atoms with E-state index in [2.05, 4.69) is 28.0 Å². The molecular formula is C9H14BrN3O. The van der Waals surface area contributed by atoms with E-state index in [1.807, 2.05) is 10.7 Å². The molecule has 0 aromatic carbocycles. The maximum absolute atomic E-state index is 10.6. The summed E-state index contributed by atoms with van der Waals surface area (Å²) in [6, 6.07) is 1.83. The topological polar surface area (TPSA) is 38.1 Å². The number of alkyl halides is 1. The van der Waals surface area contributed by atoms with Gasteiger partial charge in [0.1, 0.15) is 5.82 Å². The minimum absolute atomic E-state index is 0.459. The molecule has 1 atom stereocenters. The van der Waals surface area contributed by atoms with Gasteiger partial charge in [0.2, 0.25) is 6.41 Å². The Morgan fingerprint density at radius 3 is 3.07 bits per heavy atom. The van der Waals surface area contributed by atoms with Crippen LogP contribution in [-0.4, -0.2) is 28.1 Å². The molecule has 14 heavy (non-hydrogen) atoms. The first-order valence-electron chi connectivity index (χ1n) is 4.49. The quantitative estimate of drug-likeness (QED) is 0.596. The van der Waals surface area contributed by atoms with Gasteiger partial charge < -0.3 is 4.90 Å². The van der Waals surface area contributed by atoms with Crippen LogP contribution in [0.15, 0.2) is 12.3 Å². The van der Waals surface area contributed by atoms with Crippen molar-refractivity contribution in [3.63, 3.8) is 0 Å². The number of carbonyl (C=O) groups excluding carboxylic acids is 1. The Morgan fingerprint density at radius 1 is 1.79 bits per heavy atom. The molecule has 0 N–H and O–H groups in total. The number of hydrogen-bond acceptors (Lipinski definition) is 2. The molecule has 1 aromatic heterocycles. The molecule has 5 heteroatoms. The Kier molecular flexibility index (Phi) is 4.13. The average molecular weight is 260 g/mol. The lowest BCUT2D eigenvalue weighted by Crippen LogP contribution is -2.19. The van der Waals surface area contributed by atoms with E-state index < -0.39 is 0 Å². The summed E-state index contributed by atoms with van der Waals surface area (Å²) in [5, 5.41) is 4.15. The zero-order chi connectivity index (χ0) is 10.6. The van der Waals surface area contributed by atoms with E-state index in [0.29, 0.717) is 4.83 Å². The molecule has 0 saturated heterocycles. The predicted molar refractivity (Wildman–Crippen MR) is 59.7 cm³/mol. The number of aromatic nitrogens is 2. The molecule has 1 aromatic rings. The van der Waals surface area contributed by atoms with Crippen LogP contribution in [0.5, 0.6) is 0 Å². The van der Waals surface area contributed by atoms with Crippen molar-refractivity contribution in [3.8, 4) is 0 Å². The Labute approximate surface area is 92.0 Å². The van der Waals surface area contributed by atoms with Crippen molar-refractivity contribution in [2.45, 2.75) is 24.7 Å². The highest BCUT2D eigenvalue weighted by Gasteiger charge is 2.07. The second-order valence-corrected chi connectivity index (χ2v) is 4.76. The molecule has 1 amide bonds. The van der Waals surface area contributed by atoms with Gasteiger partial charge in [0.05, 0.1) is 6.20 Å². The van der Waals surface area contributed by atoms with Crippen molar-refractivity contribution in [3.05, 3.63) is 12.3 Å². The van der Waals surface area contributed by atoms with E-state index in [0.717, 1.165) is 25.2 Å². The fourth-order valence-corrected chi connectivity index (χ4v) is 1.36. The van der Waals surface area contributed by atoms with Gasteiger partial charge in [-0.25, -0.2) is 4.68 Å². The van der Waals surface area contributed by atoms with Gasteiger partial charge in [0, 0.05) is 24.5 Å². The SMILES string of the molecule is CC(Br)CCn1nccc1N(C)C=O. The van der Waals surface area contributed by atoms with E-state index in [1.54, 1.807) is 13.2 Å². The lowest BCUT2D eigenvalue weighted by Gasteiger charge is -2.13. The first-order chi connectivity index (χ1) is 6.65. The molecule has 1 heterocycles. The molecule has 1 rings (SSSR count). The Bertz CT molecular complexity index is 298. The molecule has 0 fully saturated rings. The average Bonchev–Trinajstić information content (AvgIpc) is 2.61. The van der Waals surface area contributed by atoms with Crippen molar-refractivity contribution < 1.29 is 4.79 Å². The zero-order valence-electron chi connectivity index (χ0n) is 8.35. The van der Waals surface area contributed by atoms with Gasteiger partial charge in [-0.3, -0.25) is 4.79 Å². The summed E-state index contributed by atoms with van der Waals surface area (Å²) < 4.78 is 1.83. The molecule has 0 aliphatic carbocycles. The van der Waals surface area contributed by atoms with Crippen LogP contribution in [-0.2, 0) is 11.3 Å². The van der Waals surface area contributed by atoms with Crippen LogP contribution < -0.4 is 4.90 Å². The van der Waals surface area contributed by atoms with E-state index in [4.69, 9.17) is 0 Å². The summed E-state index contributed by atoms with van der Waals surface area (Å²) in [6.07, 6.45) is 3.47. The maximum atomic E-state index is 10.6. The molecule has 0 bridgehead atoms. The normalized spacial score (nSPS) is 12.5. The number of aryl methyl sites for hydroxylation is 1. The lowest BCUT2D eigenvalue weighted by atomic mass is 10.3. The third-order valence-corrected chi connectivity index (χ3v) is 2.41. The maximum Gasteiger partial charge on any atom is 0.215 e. The molecule has 0 radical (unpaired) electrons. The van der Waals surface area contributed by atoms with Crippen LogP contribution in [0.2, 0.25) is 0 Å². The smallest absolute Gasteiger partial charge is 0.215 e. The molecule has 0 aliphatic rings. The third kappa shape index (κ3) is 2.83. The van der Waals surface area contributed by atoms with Crippen molar-refractivity contribution >= 4 is 28.2 Å². The Hall–Kier alpha value is -0.840. The van der Waals surface area contributed by atoms with Crippen molar-refractivity contribution in [1.82, 2.24) is 9.78 Å². The number of amides is 1. The zero-order valence-corrected chi connectivity index (χ0v) is 9.94. The number of carbonyl (C=O) groups is 1. The Morgan fingerprint density at radius 2 is 2.50 bits per heavy atom. The minimum Gasteiger partial charge on any atom is -0.303 e. The van der Waals surface area contributed by atoms with Crippen LogP contribution in [0.4, 0.5) is 5.82 Å². The minimum atomic E-state index is 0.459. The van der Waals surface area contributed by atoms with Crippen LogP contribution >= 0.6 is 15.9 Å². The first kappa shape index (κ1) is 11.2. The molecule has 78 valence electrons. The summed E-state index contributed by atoms with van der Waals surface area (Å²) in [7, 11) is 1.72. The predicted octanol–water partition coefficient (Wildman–Crippen LogP) is 1.65. The largest absolute Gasteiger partial charge is 0.303 e. The number of rotatable bonds is 5. The standard InChI is InChI=1S/C9H14BrN3O/c1-8(10)4-6-13-9(3-5-11-13)12(2)7-14/h3,5,7-8H,4,6H2,1-2H3. The van der Waals surface area contributed by atoms with Crippen LogP contribution in [0.25, 0.3) is 0 Å². The molecule has 4 nitrogen and oxygen atoms in total. The molecular weight excluding hydrogens is 246 g/mol. The fourth-order valence-electron chi connectivity index (χ4n) is 1.15. The van der Waals surface area contributed by atoms with E-state index in [-0.39, 0.29) is 0 Å². The Balaban J connectivity index is 2.67. The second kappa shape index (κ2) is 5.14. The monoisotopic (exact) mass is 259 g/mol. The van der Waals surface area contributed by atoms with Gasteiger partial charge in [0.15, 0.2) is 0 Å². The first-order valence-corrected chi connectivity index (χ1v) is 5.40. The molecule has 1 unspecified atom stereocenters. The van der Waals surface area contributed by atoms with E-state index in [1.165, 1.54) is 4.90 Å². The van der Waals surface area contributed by atoms with Crippen LogP contribution in [0, 0.1) is 0 Å². The number of anilines is 1. The summed E-state index contributed by atoms with van der Waals surface area (Å²) >= 11 is 3.47. The van der Waals surface area contributed by atoms with Crippen LogP contribution in [0.1, 0.15) is 13.3 Å². The fraction of sp³-hybridized carbons (Fsp3) is 0.556. The molecule has 0 aliphatic heterocycles. The number of halogens is 1. The van der Waals surface area contributed by atoms with Gasteiger partial charge in [-0.1, -0.05) is 22.9 Å². The highest BCUT2D eigenvalue weighted by atomic mass is 79.9. The summed E-state index contributed by atoms with van der Waals surface area (Å²) in [5.74, 6) is 0.827. The van der Waals surface area contributed by atoms with E-state index >= 15 is 0 Å². The highest BCUT2D eigenvalue weighted by Crippen LogP contribution is 2.12. The second-order valence-electron chi connectivity index (χ2n) is 3.20. The van der Waals surface area contributed by atoms with Gasteiger partial charge in [-0.2, -0.15) is 5.10 Å². The molecule has 0 spiro atoms. The van der Waals surface area contributed by atoms with Crippen molar-refractivity contribution in [1.29, 1.82) is 0 Å². The summed E-state index contributed by atoms with van der Waals surface area (Å²) in [4.78, 5) is 12.5. The van der Waals surface area contributed by atoms with Crippen molar-refractivity contribution in [2.24, 2.45) is 0 Å². The third-order valence-electron chi connectivity index (χ3n) is 1.95. The van der Waals surface area contributed by atoms with Gasteiger partial charge >= 0.3 is 0 Å². The highest BCUT2D eigenvalue weighted by molar-refractivity contribution is 9.09. The van der Waals surface area contributed by atoms with E-state index in [9.17, 15) is 4.79 Å².